The van der Waals surface area contributed by atoms with E-state index < -0.39 is 0 Å². The molecule has 1 aromatic carbocycles. The molecule has 5 heteroatoms. The van der Waals surface area contributed by atoms with Crippen molar-refractivity contribution in [2.75, 3.05) is 7.11 Å². The number of carbonyl (C=O) groups excluding carboxylic acids is 1. The lowest BCUT2D eigenvalue weighted by atomic mass is 10.1. The fourth-order valence-electron chi connectivity index (χ4n) is 1.94. The van der Waals surface area contributed by atoms with Gasteiger partial charge in [0.25, 0.3) is 5.91 Å². The Labute approximate surface area is 122 Å². The maximum Gasteiger partial charge on any atom is 0.251 e. The topological polar surface area (TPSA) is 58.6 Å². The number of aromatic hydroxyl groups is 1. The highest BCUT2D eigenvalue weighted by molar-refractivity contribution is 7.10. The molecule has 0 saturated heterocycles. The van der Waals surface area contributed by atoms with Gasteiger partial charge in [0.05, 0.1) is 13.2 Å². The molecule has 2 N–H and O–H groups in total. The minimum atomic E-state index is -0.205. The van der Waals surface area contributed by atoms with Crippen LogP contribution in [0.2, 0.25) is 0 Å². The average Bonchev–Trinajstić information content (AvgIpc) is 2.98. The van der Waals surface area contributed by atoms with E-state index in [1.165, 1.54) is 13.2 Å². The van der Waals surface area contributed by atoms with Crippen LogP contribution in [0, 0.1) is 0 Å². The van der Waals surface area contributed by atoms with Crippen LogP contribution >= 0.6 is 11.3 Å². The van der Waals surface area contributed by atoms with Crippen LogP contribution in [0.4, 0.5) is 0 Å². The Hall–Kier alpha value is -2.01. The van der Waals surface area contributed by atoms with Crippen molar-refractivity contribution in [2.45, 2.75) is 19.4 Å². The second kappa shape index (κ2) is 6.43. The van der Waals surface area contributed by atoms with Crippen molar-refractivity contribution in [3.63, 3.8) is 0 Å². The summed E-state index contributed by atoms with van der Waals surface area (Å²) in [4.78, 5) is 13.3. The monoisotopic (exact) mass is 291 g/mol. The van der Waals surface area contributed by atoms with Gasteiger partial charge in [0.15, 0.2) is 11.5 Å². The van der Waals surface area contributed by atoms with Gasteiger partial charge in [-0.1, -0.05) is 13.0 Å². The number of methoxy groups -OCH3 is 1. The maximum absolute atomic E-state index is 12.2. The quantitative estimate of drug-likeness (QED) is 0.888. The molecule has 0 saturated carbocycles. The molecule has 1 unspecified atom stereocenters. The molecular formula is C15H17NO3S. The lowest BCUT2D eigenvalue weighted by Gasteiger charge is -2.15. The van der Waals surface area contributed by atoms with E-state index >= 15 is 0 Å². The van der Waals surface area contributed by atoms with Gasteiger partial charge in [0.1, 0.15) is 0 Å². The van der Waals surface area contributed by atoms with Gasteiger partial charge < -0.3 is 15.2 Å². The molecule has 2 rings (SSSR count). The van der Waals surface area contributed by atoms with Crippen molar-refractivity contribution in [1.82, 2.24) is 5.32 Å². The Morgan fingerprint density at radius 3 is 2.80 bits per heavy atom. The number of ether oxygens (including phenoxy) is 1. The maximum atomic E-state index is 12.2. The zero-order chi connectivity index (χ0) is 14.5. The summed E-state index contributed by atoms with van der Waals surface area (Å²) in [5.74, 6) is 0.111. The number of benzene rings is 1. The zero-order valence-electron chi connectivity index (χ0n) is 11.4. The van der Waals surface area contributed by atoms with Crippen LogP contribution in [0.15, 0.2) is 35.7 Å². The van der Waals surface area contributed by atoms with Gasteiger partial charge in [-0.3, -0.25) is 4.79 Å². The van der Waals surface area contributed by atoms with E-state index in [1.54, 1.807) is 23.5 Å². The number of hydrogen-bond donors (Lipinski definition) is 2. The highest BCUT2D eigenvalue weighted by atomic mass is 32.1. The Balaban J connectivity index is 2.13. The average molecular weight is 291 g/mol. The van der Waals surface area contributed by atoms with Crippen LogP contribution in [0.3, 0.4) is 0 Å². The van der Waals surface area contributed by atoms with Gasteiger partial charge in [0.2, 0.25) is 0 Å². The molecule has 2 aromatic rings. The fraction of sp³-hybridized carbons (Fsp3) is 0.267. The standard InChI is InChI=1S/C15H17NO3S/c1-3-11(14-5-4-8-20-14)16-15(18)10-6-7-13(19-2)12(17)9-10/h4-9,11,17H,3H2,1-2H3,(H,16,18). The molecule has 20 heavy (non-hydrogen) atoms. The van der Waals surface area contributed by atoms with E-state index in [9.17, 15) is 9.90 Å². The Kier molecular flexibility index (Phi) is 4.63. The van der Waals surface area contributed by atoms with Gasteiger partial charge in [0, 0.05) is 10.4 Å². The van der Waals surface area contributed by atoms with Crippen molar-refractivity contribution in [2.24, 2.45) is 0 Å². The number of phenolic OH excluding ortho intramolecular Hbond substituents is 1. The predicted octanol–water partition coefficient (Wildman–Crippen LogP) is 3.34. The minimum absolute atomic E-state index is 0.00764. The summed E-state index contributed by atoms with van der Waals surface area (Å²) in [5, 5.41) is 14.7. The number of thiophene rings is 1. The number of nitrogens with one attached hydrogen (secondary N) is 1. The number of rotatable bonds is 5. The second-order valence-electron chi connectivity index (χ2n) is 4.34. The molecule has 0 radical (unpaired) electrons. The third-order valence-corrected chi connectivity index (χ3v) is 4.03. The highest BCUT2D eigenvalue weighted by Crippen LogP contribution is 2.27. The highest BCUT2D eigenvalue weighted by Gasteiger charge is 2.16. The molecule has 1 amide bonds. The minimum Gasteiger partial charge on any atom is -0.504 e. The van der Waals surface area contributed by atoms with Gasteiger partial charge in [-0.25, -0.2) is 0 Å². The molecule has 4 nitrogen and oxygen atoms in total. The summed E-state index contributed by atoms with van der Waals surface area (Å²) in [5.41, 5.74) is 0.415. The molecule has 0 fully saturated rings. The molecule has 0 aliphatic heterocycles. The molecule has 0 aliphatic rings. The number of carbonyl (C=O) groups is 1. The number of hydrogen-bond acceptors (Lipinski definition) is 4. The first kappa shape index (κ1) is 14.4. The summed E-state index contributed by atoms with van der Waals surface area (Å²) < 4.78 is 4.96. The zero-order valence-corrected chi connectivity index (χ0v) is 12.2. The van der Waals surface area contributed by atoms with Crippen LogP contribution in [-0.4, -0.2) is 18.1 Å². The molecular weight excluding hydrogens is 274 g/mol. The largest absolute Gasteiger partial charge is 0.504 e. The van der Waals surface area contributed by atoms with E-state index in [-0.39, 0.29) is 17.7 Å². The molecule has 1 atom stereocenters. The first-order chi connectivity index (χ1) is 9.65. The molecule has 1 aromatic heterocycles. The first-order valence-electron chi connectivity index (χ1n) is 6.37. The lowest BCUT2D eigenvalue weighted by Crippen LogP contribution is -2.27. The van der Waals surface area contributed by atoms with Crippen LogP contribution in [0.1, 0.15) is 34.6 Å². The van der Waals surface area contributed by atoms with E-state index in [0.717, 1.165) is 11.3 Å². The molecule has 106 valence electrons. The third-order valence-electron chi connectivity index (χ3n) is 3.04. The summed E-state index contributed by atoms with van der Waals surface area (Å²) in [6.07, 6.45) is 0.814. The van der Waals surface area contributed by atoms with Crippen LogP contribution in [0.5, 0.6) is 11.5 Å². The Morgan fingerprint density at radius 1 is 1.45 bits per heavy atom. The molecule has 0 bridgehead atoms. The van der Waals surface area contributed by atoms with Crippen LogP contribution in [0.25, 0.3) is 0 Å². The van der Waals surface area contributed by atoms with Crippen molar-refractivity contribution in [3.05, 3.63) is 46.2 Å². The molecule has 0 spiro atoms. The lowest BCUT2D eigenvalue weighted by molar-refractivity contribution is 0.0936. The summed E-state index contributed by atoms with van der Waals surface area (Å²) >= 11 is 1.62. The van der Waals surface area contributed by atoms with E-state index in [2.05, 4.69) is 5.32 Å². The van der Waals surface area contributed by atoms with E-state index in [0.29, 0.717) is 11.3 Å². The number of phenols is 1. The van der Waals surface area contributed by atoms with Crippen molar-refractivity contribution in [3.8, 4) is 11.5 Å². The van der Waals surface area contributed by atoms with Gasteiger partial charge in [-0.05, 0) is 36.1 Å². The molecule has 0 aliphatic carbocycles. The second-order valence-corrected chi connectivity index (χ2v) is 5.32. The Bertz CT molecular complexity index is 581. The first-order valence-corrected chi connectivity index (χ1v) is 7.25. The van der Waals surface area contributed by atoms with Crippen molar-refractivity contribution < 1.29 is 14.6 Å². The summed E-state index contributed by atoms with van der Waals surface area (Å²) in [6, 6.07) is 8.59. The smallest absolute Gasteiger partial charge is 0.251 e. The summed E-state index contributed by atoms with van der Waals surface area (Å²) in [6.45, 7) is 2.02. The van der Waals surface area contributed by atoms with E-state index in [1.807, 2.05) is 24.4 Å². The van der Waals surface area contributed by atoms with Crippen LogP contribution < -0.4 is 10.1 Å². The predicted molar refractivity (Wildman–Crippen MR) is 79.5 cm³/mol. The fourth-order valence-corrected chi connectivity index (χ4v) is 2.80. The normalized spacial score (nSPS) is 11.9. The van der Waals surface area contributed by atoms with Gasteiger partial charge in [-0.2, -0.15) is 0 Å². The Morgan fingerprint density at radius 2 is 2.25 bits per heavy atom. The SMILES string of the molecule is CCC(NC(=O)c1ccc(OC)c(O)c1)c1cccs1. The van der Waals surface area contributed by atoms with Gasteiger partial charge >= 0.3 is 0 Å². The van der Waals surface area contributed by atoms with Crippen molar-refractivity contribution in [1.29, 1.82) is 0 Å². The van der Waals surface area contributed by atoms with E-state index in [4.69, 9.17) is 4.74 Å². The number of amides is 1. The third kappa shape index (κ3) is 3.11. The molecule has 1 heterocycles. The van der Waals surface area contributed by atoms with Crippen LogP contribution in [-0.2, 0) is 0 Å². The summed E-state index contributed by atoms with van der Waals surface area (Å²) in [7, 11) is 1.47. The van der Waals surface area contributed by atoms with Crippen molar-refractivity contribution >= 4 is 17.2 Å². The van der Waals surface area contributed by atoms with Gasteiger partial charge in [-0.15, -0.1) is 11.3 Å².